The van der Waals surface area contributed by atoms with Gasteiger partial charge in [0.2, 0.25) is 5.91 Å². The van der Waals surface area contributed by atoms with Gasteiger partial charge < -0.3 is 10.6 Å². The van der Waals surface area contributed by atoms with Gasteiger partial charge in [-0.25, -0.2) is 0 Å². The second-order valence-electron chi connectivity index (χ2n) is 5.33. The number of piperidine rings is 1. The average molecular weight is 274 g/mol. The highest BCUT2D eigenvalue weighted by Crippen LogP contribution is 2.17. The number of carbonyl (C=O) groups excluding carboxylic acids is 1. The van der Waals surface area contributed by atoms with E-state index >= 15 is 0 Å². The molecule has 4 unspecified atom stereocenters. The summed E-state index contributed by atoms with van der Waals surface area (Å²) in [6, 6.07) is 0.316. The SMILES string of the molecule is CC1CCCNC1CC(=O)NCCC(C)S(C)=O. The zero-order chi connectivity index (χ0) is 13.5. The van der Waals surface area contributed by atoms with Gasteiger partial charge >= 0.3 is 0 Å². The smallest absolute Gasteiger partial charge is 0.221 e. The highest BCUT2D eigenvalue weighted by molar-refractivity contribution is 7.84. The molecule has 1 aliphatic rings. The summed E-state index contributed by atoms with van der Waals surface area (Å²) in [5, 5.41) is 6.48. The van der Waals surface area contributed by atoms with Crippen LogP contribution >= 0.6 is 0 Å². The lowest BCUT2D eigenvalue weighted by atomic mass is 9.90. The van der Waals surface area contributed by atoms with Crippen LogP contribution in [0.4, 0.5) is 0 Å². The zero-order valence-electron chi connectivity index (χ0n) is 11.7. The first-order valence-corrected chi connectivity index (χ1v) is 8.45. The third-order valence-electron chi connectivity index (χ3n) is 3.77. The van der Waals surface area contributed by atoms with Crippen molar-refractivity contribution in [2.75, 3.05) is 19.3 Å². The molecule has 0 aromatic carbocycles. The first-order valence-electron chi connectivity index (χ1n) is 6.83. The molecule has 0 bridgehead atoms. The Balaban J connectivity index is 2.19. The van der Waals surface area contributed by atoms with E-state index in [-0.39, 0.29) is 11.2 Å². The molecule has 4 atom stereocenters. The van der Waals surface area contributed by atoms with Crippen LogP contribution in [-0.2, 0) is 15.6 Å². The van der Waals surface area contributed by atoms with Gasteiger partial charge in [0.25, 0.3) is 0 Å². The average Bonchev–Trinajstić information content (AvgIpc) is 2.32. The van der Waals surface area contributed by atoms with Crippen LogP contribution in [0, 0.1) is 5.92 Å². The molecule has 0 aliphatic carbocycles. The monoisotopic (exact) mass is 274 g/mol. The van der Waals surface area contributed by atoms with Crippen molar-refractivity contribution in [3.8, 4) is 0 Å². The summed E-state index contributed by atoms with van der Waals surface area (Å²) in [6.07, 6.45) is 5.46. The predicted octanol–water partition coefficient (Wildman–Crippen LogP) is 1.04. The van der Waals surface area contributed by atoms with Gasteiger partial charge in [-0.05, 0) is 31.7 Å². The van der Waals surface area contributed by atoms with Crippen molar-refractivity contribution in [3.05, 3.63) is 0 Å². The van der Waals surface area contributed by atoms with Crippen LogP contribution in [0.25, 0.3) is 0 Å². The molecule has 0 saturated carbocycles. The van der Waals surface area contributed by atoms with Gasteiger partial charge in [0.15, 0.2) is 0 Å². The summed E-state index contributed by atoms with van der Waals surface area (Å²) < 4.78 is 11.2. The molecule has 2 N–H and O–H groups in total. The highest BCUT2D eigenvalue weighted by Gasteiger charge is 2.22. The number of carbonyl (C=O) groups is 1. The Hall–Kier alpha value is -0.420. The van der Waals surface area contributed by atoms with E-state index in [0.29, 0.717) is 24.9 Å². The topological polar surface area (TPSA) is 58.2 Å². The molecule has 106 valence electrons. The van der Waals surface area contributed by atoms with Crippen molar-refractivity contribution in [3.63, 3.8) is 0 Å². The van der Waals surface area contributed by atoms with Crippen molar-refractivity contribution in [1.29, 1.82) is 0 Å². The minimum Gasteiger partial charge on any atom is -0.356 e. The molecule has 18 heavy (non-hydrogen) atoms. The van der Waals surface area contributed by atoms with E-state index in [0.717, 1.165) is 13.0 Å². The molecule has 1 saturated heterocycles. The first kappa shape index (κ1) is 15.6. The summed E-state index contributed by atoms with van der Waals surface area (Å²) in [4.78, 5) is 11.8. The van der Waals surface area contributed by atoms with Crippen LogP contribution in [0.1, 0.15) is 39.5 Å². The third-order valence-corrected chi connectivity index (χ3v) is 5.14. The minimum absolute atomic E-state index is 0.107. The summed E-state index contributed by atoms with van der Waals surface area (Å²) in [7, 11) is -0.801. The molecule has 0 aromatic rings. The molecule has 0 radical (unpaired) electrons. The van der Waals surface area contributed by atoms with E-state index < -0.39 is 10.8 Å². The standard InChI is InChI=1S/C13H26N2O2S/c1-10-5-4-7-14-12(10)9-13(16)15-8-6-11(2)18(3)17/h10-12,14H,4-9H2,1-3H3,(H,15,16). The lowest BCUT2D eigenvalue weighted by molar-refractivity contribution is -0.122. The van der Waals surface area contributed by atoms with Crippen LogP contribution < -0.4 is 10.6 Å². The Bertz CT molecular complexity index is 297. The summed E-state index contributed by atoms with van der Waals surface area (Å²) >= 11 is 0. The molecule has 0 spiro atoms. The number of hydrogen-bond acceptors (Lipinski definition) is 3. The molecule has 5 heteroatoms. The molecule has 4 nitrogen and oxygen atoms in total. The Morgan fingerprint density at radius 2 is 2.28 bits per heavy atom. The highest BCUT2D eigenvalue weighted by atomic mass is 32.2. The number of amides is 1. The van der Waals surface area contributed by atoms with Crippen molar-refractivity contribution < 1.29 is 9.00 Å². The van der Waals surface area contributed by atoms with Crippen molar-refractivity contribution >= 4 is 16.7 Å². The van der Waals surface area contributed by atoms with E-state index in [1.807, 2.05) is 6.92 Å². The van der Waals surface area contributed by atoms with Gasteiger partial charge in [0.1, 0.15) is 0 Å². The van der Waals surface area contributed by atoms with E-state index in [9.17, 15) is 9.00 Å². The first-order chi connectivity index (χ1) is 8.50. The quantitative estimate of drug-likeness (QED) is 0.761. The zero-order valence-corrected chi connectivity index (χ0v) is 12.5. The molecule has 1 rings (SSSR count). The molecule has 1 amide bonds. The van der Waals surface area contributed by atoms with Crippen molar-refractivity contribution in [2.24, 2.45) is 5.92 Å². The normalized spacial score (nSPS) is 27.5. The van der Waals surface area contributed by atoms with E-state index in [1.165, 1.54) is 12.8 Å². The maximum absolute atomic E-state index is 11.8. The molecule has 0 aromatic heterocycles. The summed E-state index contributed by atoms with van der Waals surface area (Å²) in [5.74, 6) is 0.682. The van der Waals surface area contributed by atoms with Gasteiger partial charge in [-0.15, -0.1) is 0 Å². The Labute approximate surface area is 113 Å². The van der Waals surface area contributed by atoms with Crippen LogP contribution in [0.3, 0.4) is 0 Å². The molecule has 1 aliphatic heterocycles. The second-order valence-corrected chi connectivity index (χ2v) is 7.13. The Morgan fingerprint density at radius 3 is 2.89 bits per heavy atom. The van der Waals surface area contributed by atoms with Gasteiger partial charge in [-0.3, -0.25) is 9.00 Å². The Kier molecular flexibility index (Phi) is 6.86. The van der Waals surface area contributed by atoms with Crippen molar-refractivity contribution in [1.82, 2.24) is 10.6 Å². The molecular formula is C13H26N2O2S. The number of nitrogens with one attached hydrogen (secondary N) is 2. The fourth-order valence-corrected chi connectivity index (χ4v) is 2.69. The van der Waals surface area contributed by atoms with E-state index in [1.54, 1.807) is 6.26 Å². The molecular weight excluding hydrogens is 248 g/mol. The Morgan fingerprint density at radius 1 is 1.56 bits per heavy atom. The maximum Gasteiger partial charge on any atom is 0.221 e. The van der Waals surface area contributed by atoms with E-state index in [4.69, 9.17) is 0 Å². The van der Waals surface area contributed by atoms with Gasteiger partial charge in [0, 0.05) is 41.3 Å². The van der Waals surface area contributed by atoms with Crippen LogP contribution in [0.2, 0.25) is 0 Å². The lowest BCUT2D eigenvalue weighted by Gasteiger charge is -2.29. The van der Waals surface area contributed by atoms with Gasteiger partial charge in [-0.1, -0.05) is 13.8 Å². The van der Waals surface area contributed by atoms with Gasteiger partial charge in [0.05, 0.1) is 0 Å². The summed E-state index contributed by atoms with van der Waals surface area (Å²) in [6.45, 7) is 5.80. The van der Waals surface area contributed by atoms with Crippen LogP contribution in [0.15, 0.2) is 0 Å². The largest absolute Gasteiger partial charge is 0.356 e. The second kappa shape index (κ2) is 7.89. The number of rotatable bonds is 6. The molecule has 1 fully saturated rings. The van der Waals surface area contributed by atoms with Gasteiger partial charge in [-0.2, -0.15) is 0 Å². The fourth-order valence-electron chi connectivity index (χ4n) is 2.24. The minimum atomic E-state index is -0.801. The maximum atomic E-state index is 11.8. The molecule has 1 heterocycles. The van der Waals surface area contributed by atoms with E-state index in [2.05, 4.69) is 17.6 Å². The van der Waals surface area contributed by atoms with Crippen LogP contribution in [-0.4, -0.2) is 40.8 Å². The fraction of sp³-hybridized carbons (Fsp3) is 0.923. The number of hydrogen-bond donors (Lipinski definition) is 2. The lowest BCUT2D eigenvalue weighted by Crippen LogP contribution is -2.43. The third kappa shape index (κ3) is 5.48. The summed E-state index contributed by atoms with van der Waals surface area (Å²) in [5.41, 5.74) is 0. The van der Waals surface area contributed by atoms with Crippen LogP contribution in [0.5, 0.6) is 0 Å². The predicted molar refractivity (Wildman–Crippen MR) is 76.0 cm³/mol. The van der Waals surface area contributed by atoms with Crippen molar-refractivity contribution in [2.45, 2.75) is 50.8 Å².